The Morgan fingerprint density at radius 3 is 2.80 bits per heavy atom. The molecular weight excluding hydrogens is 354 g/mol. The molecule has 0 fully saturated rings. The van der Waals surface area contributed by atoms with Crippen LogP contribution in [0.5, 0.6) is 0 Å². The Hall–Kier alpha value is -1.60. The molecule has 0 aliphatic rings. The SMILES string of the molecule is C=CCn1c(SCC(=O)N[C@@H](C)C(C)C)nc2sc(CC)cc2c1=O. The van der Waals surface area contributed by atoms with Gasteiger partial charge in [0.25, 0.3) is 5.56 Å². The zero-order valence-corrected chi connectivity index (χ0v) is 16.8. The largest absolute Gasteiger partial charge is 0.353 e. The third-order valence-corrected chi connectivity index (χ3v) is 6.20. The first-order valence-corrected chi connectivity index (χ1v) is 10.2. The van der Waals surface area contributed by atoms with E-state index in [4.69, 9.17) is 0 Å². The molecule has 2 aromatic rings. The van der Waals surface area contributed by atoms with Crippen molar-refractivity contribution >= 4 is 39.2 Å². The van der Waals surface area contributed by atoms with Gasteiger partial charge in [-0.2, -0.15) is 0 Å². The van der Waals surface area contributed by atoms with Crippen LogP contribution in [0.4, 0.5) is 0 Å². The van der Waals surface area contributed by atoms with Gasteiger partial charge in [0.05, 0.1) is 11.1 Å². The molecule has 7 heteroatoms. The number of thioether (sulfide) groups is 1. The predicted octanol–water partition coefficient (Wildman–Crippen LogP) is 3.46. The lowest BCUT2D eigenvalue weighted by atomic mass is 10.1. The molecule has 1 atom stereocenters. The second-order valence-electron chi connectivity index (χ2n) is 6.27. The second-order valence-corrected chi connectivity index (χ2v) is 8.33. The maximum Gasteiger partial charge on any atom is 0.263 e. The fraction of sp³-hybridized carbons (Fsp3) is 0.500. The van der Waals surface area contributed by atoms with Gasteiger partial charge in [-0.1, -0.05) is 38.6 Å². The molecule has 0 unspecified atom stereocenters. The van der Waals surface area contributed by atoms with Crippen molar-refractivity contribution in [1.82, 2.24) is 14.9 Å². The average Bonchev–Trinajstić information content (AvgIpc) is 2.99. The highest BCUT2D eigenvalue weighted by atomic mass is 32.2. The molecule has 0 bridgehead atoms. The van der Waals surface area contributed by atoms with Crippen molar-refractivity contribution in [3.05, 3.63) is 34.0 Å². The summed E-state index contributed by atoms with van der Waals surface area (Å²) in [6.45, 7) is 12.3. The van der Waals surface area contributed by atoms with E-state index in [9.17, 15) is 9.59 Å². The molecule has 0 saturated heterocycles. The van der Waals surface area contributed by atoms with Gasteiger partial charge in [-0.25, -0.2) is 4.98 Å². The minimum atomic E-state index is -0.0701. The van der Waals surface area contributed by atoms with E-state index in [1.165, 1.54) is 23.1 Å². The van der Waals surface area contributed by atoms with E-state index in [-0.39, 0.29) is 23.3 Å². The number of carbonyl (C=O) groups is 1. The minimum Gasteiger partial charge on any atom is -0.353 e. The summed E-state index contributed by atoms with van der Waals surface area (Å²) in [5.74, 6) is 0.560. The van der Waals surface area contributed by atoms with Crippen molar-refractivity contribution in [3.63, 3.8) is 0 Å². The Morgan fingerprint density at radius 2 is 2.20 bits per heavy atom. The van der Waals surface area contributed by atoms with Crippen LogP contribution >= 0.6 is 23.1 Å². The molecule has 5 nitrogen and oxygen atoms in total. The molecule has 1 amide bonds. The molecule has 0 radical (unpaired) electrons. The Bertz CT molecular complexity index is 824. The molecule has 0 aliphatic carbocycles. The van der Waals surface area contributed by atoms with Gasteiger partial charge in [0.2, 0.25) is 5.91 Å². The molecular formula is C18H25N3O2S2. The highest BCUT2D eigenvalue weighted by Gasteiger charge is 2.16. The van der Waals surface area contributed by atoms with Crippen LogP contribution in [0.25, 0.3) is 10.2 Å². The number of carbonyl (C=O) groups excluding carboxylic acids is 1. The molecule has 2 aromatic heterocycles. The number of nitrogens with one attached hydrogen (secondary N) is 1. The van der Waals surface area contributed by atoms with Gasteiger partial charge in [-0.3, -0.25) is 14.2 Å². The molecule has 0 saturated carbocycles. The van der Waals surface area contributed by atoms with Gasteiger partial charge in [-0.05, 0) is 25.3 Å². The first-order chi connectivity index (χ1) is 11.9. The molecule has 2 heterocycles. The minimum absolute atomic E-state index is 0.0499. The third-order valence-electron chi connectivity index (χ3n) is 4.05. The predicted molar refractivity (Wildman–Crippen MR) is 107 cm³/mol. The smallest absolute Gasteiger partial charge is 0.263 e. The molecule has 0 aromatic carbocycles. The van der Waals surface area contributed by atoms with Crippen molar-refractivity contribution in [1.29, 1.82) is 0 Å². The van der Waals surface area contributed by atoms with Crippen LogP contribution in [-0.2, 0) is 17.8 Å². The van der Waals surface area contributed by atoms with Gasteiger partial charge in [0.1, 0.15) is 4.83 Å². The fourth-order valence-corrected chi connectivity index (χ4v) is 4.04. The second kappa shape index (κ2) is 8.67. The Kier molecular flexibility index (Phi) is 6.84. The monoisotopic (exact) mass is 379 g/mol. The lowest BCUT2D eigenvalue weighted by Gasteiger charge is -2.17. The number of fused-ring (bicyclic) bond motifs is 1. The number of rotatable bonds is 8. The van der Waals surface area contributed by atoms with E-state index in [2.05, 4.69) is 37.7 Å². The van der Waals surface area contributed by atoms with E-state index in [0.29, 0.717) is 23.0 Å². The standard InChI is InChI=1S/C18H25N3O2S2/c1-6-8-21-17(23)14-9-13(7-2)25-16(14)20-18(21)24-10-15(22)19-12(5)11(3)4/h6,9,11-12H,1,7-8,10H2,2-5H3,(H,19,22)/t12-/m0/s1. The number of hydrogen-bond acceptors (Lipinski definition) is 5. The van der Waals surface area contributed by atoms with Gasteiger partial charge >= 0.3 is 0 Å². The molecule has 25 heavy (non-hydrogen) atoms. The van der Waals surface area contributed by atoms with Crippen molar-refractivity contribution in [2.24, 2.45) is 5.92 Å². The van der Waals surface area contributed by atoms with E-state index < -0.39 is 0 Å². The highest BCUT2D eigenvalue weighted by Crippen LogP contribution is 2.25. The number of aryl methyl sites for hydroxylation is 1. The van der Waals surface area contributed by atoms with E-state index in [1.807, 2.05) is 13.0 Å². The third kappa shape index (κ3) is 4.73. The van der Waals surface area contributed by atoms with Crippen molar-refractivity contribution in [2.75, 3.05) is 5.75 Å². The van der Waals surface area contributed by atoms with Crippen LogP contribution in [-0.4, -0.2) is 27.3 Å². The lowest BCUT2D eigenvalue weighted by Crippen LogP contribution is -2.37. The van der Waals surface area contributed by atoms with E-state index in [1.54, 1.807) is 10.6 Å². The topological polar surface area (TPSA) is 64.0 Å². The van der Waals surface area contributed by atoms with Gasteiger partial charge in [-0.15, -0.1) is 17.9 Å². The lowest BCUT2D eigenvalue weighted by molar-refractivity contribution is -0.119. The maximum atomic E-state index is 12.7. The molecule has 2 rings (SSSR count). The van der Waals surface area contributed by atoms with Gasteiger partial charge < -0.3 is 5.32 Å². The van der Waals surface area contributed by atoms with Crippen LogP contribution in [0.15, 0.2) is 28.7 Å². The van der Waals surface area contributed by atoms with Gasteiger partial charge in [0, 0.05) is 17.5 Å². The number of hydrogen-bond donors (Lipinski definition) is 1. The first kappa shape index (κ1) is 19.7. The summed E-state index contributed by atoms with van der Waals surface area (Å²) < 4.78 is 1.59. The number of aromatic nitrogens is 2. The molecule has 0 aliphatic heterocycles. The molecule has 0 spiro atoms. The summed E-state index contributed by atoms with van der Waals surface area (Å²) in [6, 6.07) is 2.03. The van der Waals surface area contributed by atoms with E-state index in [0.717, 1.165) is 16.1 Å². The molecule has 1 N–H and O–H groups in total. The van der Waals surface area contributed by atoms with Crippen LogP contribution < -0.4 is 10.9 Å². The van der Waals surface area contributed by atoms with E-state index >= 15 is 0 Å². The number of thiophene rings is 1. The van der Waals surface area contributed by atoms with Crippen molar-refractivity contribution in [3.8, 4) is 0 Å². The zero-order valence-electron chi connectivity index (χ0n) is 15.2. The summed E-state index contributed by atoms with van der Waals surface area (Å²) in [4.78, 5) is 31.4. The number of allylic oxidation sites excluding steroid dienone is 1. The molecule has 136 valence electrons. The Morgan fingerprint density at radius 1 is 1.48 bits per heavy atom. The summed E-state index contributed by atoms with van der Waals surface area (Å²) in [5.41, 5.74) is -0.0701. The normalized spacial score (nSPS) is 12.5. The summed E-state index contributed by atoms with van der Waals surface area (Å²) >= 11 is 2.83. The van der Waals surface area contributed by atoms with Gasteiger partial charge in [0.15, 0.2) is 5.16 Å². The first-order valence-electron chi connectivity index (χ1n) is 8.43. The maximum absolute atomic E-state index is 12.7. The summed E-state index contributed by atoms with van der Waals surface area (Å²) in [5, 5.41) is 4.18. The number of amides is 1. The Balaban J connectivity index is 2.26. The number of nitrogens with zero attached hydrogens (tertiary/aromatic N) is 2. The van der Waals surface area contributed by atoms with Crippen LogP contribution in [0.3, 0.4) is 0 Å². The fourth-order valence-electron chi connectivity index (χ4n) is 2.21. The van der Waals surface area contributed by atoms with Crippen molar-refractivity contribution < 1.29 is 4.79 Å². The highest BCUT2D eigenvalue weighted by molar-refractivity contribution is 7.99. The summed E-state index contributed by atoms with van der Waals surface area (Å²) in [6.07, 6.45) is 2.55. The van der Waals surface area contributed by atoms with Crippen LogP contribution in [0.2, 0.25) is 0 Å². The van der Waals surface area contributed by atoms with Crippen LogP contribution in [0, 0.1) is 5.92 Å². The Labute approximate surface area is 156 Å². The van der Waals surface area contributed by atoms with Crippen LogP contribution in [0.1, 0.15) is 32.6 Å². The zero-order chi connectivity index (χ0) is 18.6. The summed E-state index contributed by atoms with van der Waals surface area (Å²) in [7, 11) is 0. The quantitative estimate of drug-likeness (QED) is 0.433. The average molecular weight is 380 g/mol. The van der Waals surface area contributed by atoms with Crippen molar-refractivity contribution in [2.45, 2.75) is 51.9 Å².